The number of carbonyl (C=O) groups is 1. The summed E-state index contributed by atoms with van der Waals surface area (Å²) in [5.74, 6) is -1.82. The van der Waals surface area contributed by atoms with Crippen molar-refractivity contribution in [3.8, 4) is 23.3 Å². The van der Waals surface area contributed by atoms with Crippen molar-refractivity contribution in [2.45, 2.75) is 50.6 Å². The molecule has 12 heteroatoms. The minimum Gasteiger partial charge on any atom is -0.457 e. The molecule has 238 valence electrons. The number of hydrogen-bond donors (Lipinski definition) is 1. The number of aromatic nitrogens is 3. The molecule has 0 unspecified atom stereocenters. The molecule has 0 saturated carbocycles. The molecule has 4 aromatic rings. The molecular formula is C34H35F2N7O3. The molecule has 0 radical (unpaired) electrons. The third-order valence-electron chi connectivity index (χ3n) is 8.77. The van der Waals surface area contributed by atoms with Crippen LogP contribution < -0.4 is 16.2 Å². The summed E-state index contributed by atoms with van der Waals surface area (Å²) in [6.07, 6.45) is 3.98. The fraction of sp³-hybridized carbons (Fsp3) is 0.353. The largest absolute Gasteiger partial charge is 0.457 e. The molecule has 10 nitrogen and oxygen atoms in total. The standard InChI is InChI=1S/C34H35F2N7O3/c1-33(2,41-18-15-34(35,36)22-41)19-23(20-37)31(44)40-17-6-7-25(21-40)42-28-14-16-39-30(38)29(28)43(32(42)45)24-10-12-27(13-11-24)46-26-8-4-3-5-9-26/h3-5,8-14,16,19,25H,6-7,15,17-18,21-22H2,1-2H3,(H2,38,39)/t25-/m1/s1. The lowest BCUT2D eigenvalue weighted by molar-refractivity contribution is -0.128. The Morgan fingerprint density at radius 1 is 1.11 bits per heavy atom. The predicted octanol–water partition coefficient (Wildman–Crippen LogP) is 5.29. The first kappa shape index (κ1) is 31.0. The van der Waals surface area contributed by atoms with E-state index in [9.17, 15) is 23.6 Å². The van der Waals surface area contributed by atoms with Crippen LogP contribution in [-0.2, 0) is 4.79 Å². The van der Waals surface area contributed by atoms with Crippen LogP contribution in [0.25, 0.3) is 16.7 Å². The fourth-order valence-corrected chi connectivity index (χ4v) is 6.40. The van der Waals surface area contributed by atoms with E-state index in [2.05, 4.69) is 4.98 Å². The van der Waals surface area contributed by atoms with Gasteiger partial charge in [-0.25, -0.2) is 18.6 Å². The van der Waals surface area contributed by atoms with Gasteiger partial charge >= 0.3 is 5.69 Å². The van der Waals surface area contributed by atoms with E-state index in [0.717, 1.165) is 0 Å². The Balaban J connectivity index is 1.29. The number of piperidine rings is 1. The monoisotopic (exact) mass is 627 g/mol. The van der Waals surface area contributed by atoms with Gasteiger partial charge in [0.1, 0.15) is 34.5 Å². The molecule has 2 aromatic carbocycles. The molecule has 2 N–H and O–H groups in total. The molecular weight excluding hydrogens is 592 g/mol. The number of likely N-dealkylation sites (tertiary alicyclic amines) is 2. The van der Waals surface area contributed by atoms with E-state index < -0.39 is 30.0 Å². The average molecular weight is 628 g/mol. The smallest absolute Gasteiger partial charge is 0.334 e. The van der Waals surface area contributed by atoms with Crippen LogP contribution in [-0.4, -0.2) is 67.5 Å². The molecule has 2 saturated heterocycles. The van der Waals surface area contributed by atoms with Crippen molar-refractivity contribution in [3.05, 3.63) is 89.0 Å². The minimum atomic E-state index is -2.80. The van der Waals surface area contributed by atoms with Crippen molar-refractivity contribution in [1.29, 1.82) is 5.26 Å². The van der Waals surface area contributed by atoms with E-state index in [1.54, 1.807) is 64.7 Å². The maximum absolute atomic E-state index is 14.1. The Morgan fingerprint density at radius 3 is 2.50 bits per heavy atom. The Kier molecular flexibility index (Phi) is 8.12. The molecule has 1 amide bonds. The highest BCUT2D eigenvalue weighted by Crippen LogP contribution is 2.34. The molecule has 2 aliphatic heterocycles. The lowest BCUT2D eigenvalue weighted by Gasteiger charge is -2.35. The van der Waals surface area contributed by atoms with E-state index in [-0.39, 0.29) is 36.6 Å². The number of halogens is 2. The van der Waals surface area contributed by atoms with Crippen LogP contribution in [0.15, 0.2) is 83.3 Å². The fourth-order valence-electron chi connectivity index (χ4n) is 6.40. The van der Waals surface area contributed by atoms with Gasteiger partial charge in [-0.15, -0.1) is 0 Å². The lowest BCUT2D eigenvalue weighted by Crippen LogP contribution is -2.45. The van der Waals surface area contributed by atoms with Crippen LogP contribution in [0, 0.1) is 11.3 Å². The van der Waals surface area contributed by atoms with Crippen molar-refractivity contribution in [1.82, 2.24) is 23.9 Å². The maximum Gasteiger partial charge on any atom is 0.334 e. The average Bonchev–Trinajstić information content (AvgIpc) is 3.57. The third-order valence-corrected chi connectivity index (χ3v) is 8.77. The van der Waals surface area contributed by atoms with Crippen LogP contribution in [0.2, 0.25) is 0 Å². The highest BCUT2D eigenvalue weighted by Gasteiger charge is 2.43. The summed E-state index contributed by atoms with van der Waals surface area (Å²) in [4.78, 5) is 35.2. The van der Waals surface area contributed by atoms with Crippen molar-refractivity contribution in [2.24, 2.45) is 0 Å². The van der Waals surface area contributed by atoms with Crippen LogP contribution in [0.3, 0.4) is 0 Å². The van der Waals surface area contributed by atoms with Gasteiger partial charge in [-0.3, -0.25) is 18.8 Å². The highest BCUT2D eigenvalue weighted by atomic mass is 19.3. The van der Waals surface area contributed by atoms with E-state index in [4.69, 9.17) is 10.5 Å². The zero-order chi connectivity index (χ0) is 32.6. The number of rotatable bonds is 7. The Bertz CT molecular complexity index is 1890. The number of carbonyl (C=O) groups excluding carboxylic acids is 1. The summed E-state index contributed by atoms with van der Waals surface area (Å²) >= 11 is 0. The van der Waals surface area contributed by atoms with Crippen LogP contribution in [0.5, 0.6) is 11.5 Å². The number of alkyl halides is 2. The van der Waals surface area contributed by atoms with Crippen LogP contribution in [0.4, 0.5) is 14.6 Å². The Morgan fingerprint density at radius 2 is 1.83 bits per heavy atom. The van der Waals surface area contributed by atoms with Gasteiger partial charge in [0.05, 0.1) is 23.8 Å². The number of para-hydroxylation sites is 1. The van der Waals surface area contributed by atoms with Gasteiger partial charge < -0.3 is 15.4 Å². The number of hydrogen-bond acceptors (Lipinski definition) is 7. The second-order valence-corrected chi connectivity index (χ2v) is 12.4. The number of fused-ring (bicyclic) bond motifs is 1. The highest BCUT2D eigenvalue weighted by molar-refractivity contribution is 5.97. The van der Waals surface area contributed by atoms with Crippen LogP contribution in [0.1, 0.15) is 39.2 Å². The number of pyridine rings is 1. The molecule has 4 heterocycles. The first-order valence-corrected chi connectivity index (χ1v) is 15.2. The molecule has 0 spiro atoms. The van der Waals surface area contributed by atoms with Crippen molar-refractivity contribution in [2.75, 3.05) is 31.9 Å². The molecule has 0 aliphatic carbocycles. The molecule has 6 rings (SSSR count). The molecule has 0 bridgehead atoms. The quantitative estimate of drug-likeness (QED) is 0.218. The number of nitriles is 1. The summed E-state index contributed by atoms with van der Waals surface area (Å²) in [5, 5.41) is 9.95. The Labute approximate surface area is 264 Å². The molecule has 1 atom stereocenters. The van der Waals surface area contributed by atoms with Gasteiger partial charge in [0, 0.05) is 37.8 Å². The van der Waals surface area contributed by atoms with E-state index >= 15 is 0 Å². The molecule has 46 heavy (non-hydrogen) atoms. The third kappa shape index (κ3) is 5.98. The van der Waals surface area contributed by atoms with Gasteiger partial charge in [-0.05, 0) is 75.2 Å². The number of nitrogen functional groups attached to an aromatic ring is 1. The summed E-state index contributed by atoms with van der Waals surface area (Å²) in [6.45, 7) is 3.78. The SMILES string of the molecule is CC(C)(C=C(C#N)C(=O)N1CCC[C@@H](n2c(=O)n(-c3ccc(Oc4ccccc4)cc3)c3c(N)nccc32)C1)N1CCC(F)(F)C1. The van der Waals surface area contributed by atoms with Crippen molar-refractivity contribution >= 4 is 22.8 Å². The number of nitrogens with zero attached hydrogens (tertiary/aromatic N) is 6. The normalized spacial score (nSPS) is 18.9. The van der Waals surface area contributed by atoms with E-state index in [1.165, 1.54) is 10.6 Å². The van der Waals surface area contributed by atoms with Gasteiger partial charge in [0.25, 0.3) is 11.8 Å². The number of benzene rings is 2. The number of anilines is 1. The molecule has 2 aliphatic rings. The van der Waals surface area contributed by atoms with Gasteiger partial charge in [0.2, 0.25) is 0 Å². The molecule has 2 fully saturated rings. The van der Waals surface area contributed by atoms with Crippen LogP contribution >= 0.6 is 0 Å². The lowest BCUT2D eigenvalue weighted by atomic mass is 9.98. The second-order valence-electron chi connectivity index (χ2n) is 12.4. The van der Waals surface area contributed by atoms with E-state index in [0.29, 0.717) is 47.6 Å². The zero-order valence-corrected chi connectivity index (χ0v) is 25.7. The minimum absolute atomic E-state index is 0.109. The van der Waals surface area contributed by atoms with Gasteiger partial charge in [-0.1, -0.05) is 18.2 Å². The topological polar surface area (TPSA) is 122 Å². The first-order valence-electron chi connectivity index (χ1n) is 15.2. The predicted molar refractivity (Wildman–Crippen MR) is 170 cm³/mol. The number of nitrogens with two attached hydrogens (primary N) is 1. The number of amides is 1. The van der Waals surface area contributed by atoms with Crippen molar-refractivity contribution < 1.29 is 18.3 Å². The number of ether oxygens (including phenoxy) is 1. The Hall–Kier alpha value is -5.02. The first-order chi connectivity index (χ1) is 22.0. The summed E-state index contributed by atoms with van der Waals surface area (Å²) in [6, 6.07) is 19.8. The molecule has 2 aromatic heterocycles. The summed E-state index contributed by atoms with van der Waals surface area (Å²) < 4.78 is 36.9. The second kappa shape index (κ2) is 12.1. The number of imidazole rings is 1. The maximum atomic E-state index is 14.1. The van der Waals surface area contributed by atoms with E-state index in [1.807, 2.05) is 36.4 Å². The van der Waals surface area contributed by atoms with Gasteiger partial charge in [0.15, 0.2) is 0 Å². The zero-order valence-electron chi connectivity index (χ0n) is 25.7. The summed E-state index contributed by atoms with van der Waals surface area (Å²) in [5.41, 5.74) is 6.56. The summed E-state index contributed by atoms with van der Waals surface area (Å²) in [7, 11) is 0. The van der Waals surface area contributed by atoms with Gasteiger partial charge in [-0.2, -0.15) is 5.26 Å². The van der Waals surface area contributed by atoms with Crippen molar-refractivity contribution in [3.63, 3.8) is 0 Å².